The van der Waals surface area contributed by atoms with E-state index in [0.29, 0.717) is 11.8 Å². The number of nitrogens with zero attached hydrogens (tertiary/aromatic N) is 1. The fourth-order valence-electron chi connectivity index (χ4n) is 3.55. The maximum absolute atomic E-state index is 9.93. The van der Waals surface area contributed by atoms with Gasteiger partial charge in [-0.05, 0) is 30.4 Å². The number of hydrogen-bond acceptors (Lipinski definition) is 3. The van der Waals surface area contributed by atoms with Crippen LogP contribution in [0.2, 0.25) is 0 Å². The predicted molar refractivity (Wildman–Crippen MR) is 75.0 cm³/mol. The van der Waals surface area contributed by atoms with Crippen molar-refractivity contribution in [2.24, 2.45) is 17.6 Å². The van der Waals surface area contributed by atoms with Gasteiger partial charge in [-0.15, -0.1) is 0 Å². The van der Waals surface area contributed by atoms with Crippen molar-refractivity contribution in [3.63, 3.8) is 0 Å². The van der Waals surface area contributed by atoms with Gasteiger partial charge < -0.3 is 10.8 Å². The van der Waals surface area contributed by atoms with Crippen molar-refractivity contribution < 1.29 is 5.11 Å². The maximum atomic E-state index is 9.93. The van der Waals surface area contributed by atoms with Gasteiger partial charge >= 0.3 is 0 Å². The second kappa shape index (κ2) is 4.94. The van der Waals surface area contributed by atoms with Gasteiger partial charge in [0.1, 0.15) is 5.84 Å². The van der Waals surface area contributed by atoms with Crippen molar-refractivity contribution in [1.29, 1.82) is 5.41 Å². The first-order valence-corrected chi connectivity index (χ1v) is 6.97. The minimum Gasteiger partial charge on any atom is -0.393 e. The molecule has 4 N–H and O–H groups in total. The van der Waals surface area contributed by atoms with Crippen LogP contribution < -0.4 is 5.73 Å². The predicted octanol–water partition coefficient (Wildman–Crippen LogP) is 1.17. The number of nitrogens with two attached hydrogens (primary N) is 1. The van der Waals surface area contributed by atoms with Gasteiger partial charge in [0.2, 0.25) is 0 Å². The van der Waals surface area contributed by atoms with E-state index < -0.39 is 0 Å². The van der Waals surface area contributed by atoms with E-state index in [1.54, 1.807) is 0 Å². The fourth-order valence-corrected chi connectivity index (χ4v) is 3.55. The van der Waals surface area contributed by atoms with Gasteiger partial charge in [-0.3, -0.25) is 10.3 Å². The van der Waals surface area contributed by atoms with Crippen LogP contribution in [-0.4, -0.2) is 35.0 Å². The summed E-state index contributed by atoms with van der Waals surface area (Å²) in [6.07, 6.45) is 2.04. The normalized spacial score (nSPS) is 30.5. The summed E-state index contributed by atoms with van der Waals surface area (Å²) in [4.78, 5) is 2.41. The Morgan fingerprint density at radius 2 is 2.21 bits per heavy atom. The van der Waals surface area contributed by atoms with Crippen LogP contribution in [0.5, 0.6) is 0 Å². The molecule has 0 spiro atoms. The van der Waals surface area contributed by atoms with Crippen LogP contribution in [0.4, 0.5) is 0 Å². The smallest absolute Gasteiger partial charge is 0.122 e. The molecule has 4 heteroatoms. The highest BCUT2D eigenvalue weighted by Crippen LogP contribution is 2.38. The molecule has 1 aliphatic carbocycles. The van der Waals surface area contributed by atoms with E-state index >= 15 is 0 Å². The third-order valence-corrected chi connectivity index (χ3v) is 4.54. The molecule has 19 heavy (non-hydrogen) atoms. The zero-order valence-electron chi connectivity index (χ0n) is 11.0. The lowest BCUT2D eigenvalue weighted by Gasteiger charge is -2.18. The Labute approximate surface area is 113 Å². The summed E-state index contributed by atoms with van der Waals surface area (Å²) in [6, 6.07) is 7.90. The molecule has 1 aromatic rings. The minimum atomic E-state index is -0.0986. The second-order valence-electron chi connectivity index (χ2n) is 5.88. The van der Waals surface area contributed by atoms with Crippen LogP contribution in [0.3, 0.4) is 0 Å². The SMILES string of the molecule is N=C(N)c1cccc(CN2CC3CCC(O)C3C2)c1. The number of fused-ring (bicyclic) bond motifs is 1. The van der Waals surface area contributed by atoms with Gasteiger partial charge in [0.15, 0.2) is 0 Å². The summed E-state index contributed by atoms with van der Waals surface area (Å²) in [7, 11) is 0. The molecular formula is C15H21N3O. The number of likely N-dealkylation sites (tertiary alicyclic amines) is 1. The number of rotatable bonds is 3. The fraction of sp³-hybridized carbons (Fsp3) is 0.533. The van der Waals surface area contributed by atoms with Gasteiger partial charge in [0.25, 0.3) is 0 Å². The Balaban J connectivity index is 1.66. The number of aliphatic hydroxyl groups is 1. The van der Waals surface area contributed by atoms with Crippen LogP contribution >= 0.6 is 0 Å². The Kier molecular flexibility index (Phi) is 3.29. The van der Waals surface area contributed by atoms with Crippen molar-refractivity contribution in [3.8, 4) is 0 Å². The molecule has 1 aromatic carbocycles. The van der Waals surface area contributed by atoms with E-state index in [1.807, 2.05) is 18.2 Å². The largest absolute Gasteiger partial charge is 0.393 e. The topological polar surface area (TPSA) is 73.3 Å². The molecule has 2 fully saturated rings. The summed E-state index contributed by atoms with van der Waals surface area (Å²) >= 11 is 0. The summed E-state index contributed by atoms with van der Waals surface area (Å²) < 4.78 is 0. The summed E-state index contributed by atoms with van der Waals surface area (Å²) in [5, 5.41) is 17.4. The zero-order valence-corrected chi connectivity index (χ0v) is 11.0. The van der Waals surface area contributed by atoms with Crippen LogP contribution in [0, 0.1) is 17.2 Å². The number of hydrogen-bond donors (Lipinski definition) is 3. The van der Waals surface area contributed by atoms with Crippen molar-refractivity contribution in [1.82, 2.24) is 4.90 Å². The molecule has 0 radical (unpaired) electrons. The Morgan fingerprint density at radius 1 is 1.37 bits per heavy atom. The first kappa shape index (κ1) is 12.6. The highest BCUT2D eigenvalue weighted by Gasteiger charge is 2.41. The third-order valence-electron chi connectivity index (χ3n) is 4.54. The van der Waals surface area contributed by atoms with Crippen molar-refractivity contribution in [3.05, 3.63) is 35.4 Å². The van der Waals surface area contributed by atoms with E-state index in [2.05, 4.69) is 11.0 Å². The Morgan fingerprint density at radius 3 is 2.95 bits per heavy atom. The molecule has 0 amide bonds. The lowest BCUT2D eigenvalue weighted by Crippen LogP contribution is -2.24. The van der Waals surface area contributed by atoms with Crippen LogP contribution in [0.1, 0.15) is 24.0 Å². The molecule has 1 aliphatic heterocycles. The monoisotopic (exact) mass is 259 g/mol. The molecule has 3 atom stereocenters. The summed E-state index contributed by atoms with van der Waals surface area (Å²) in [6.45, 7) is 2.98. The van der Waals surface area contributed by atoms with Crippen LogP contribution in [0.15, 0.2) is 24.3 Å². The molecular weight excluding hydrogens is 238 g/mol. The Hall–Kier alpha value is -1.39. The van der Waals surface area contributed by atoms with E-state index in [1.165, 1.54) is 5.56 Å². The van der Waals surface area contributed by atoms with E-state index in [4.69, 9.17) is 11.1 Å². The van der Waals surface area contributed by atoms with E-state index in [9.17, 15) is 5.11 Å². The lowest BCUT2D eigenvalue weighted by molar-refractivity contribution is 0.123. The van der Waals surface area contributed by atoms with Gasteiger partial charge in [-0.25, -0.2) is 0 Å². The highest BCUT2D eigenvalue weighted by molar-refractivity contribution is 5.95. The van der Waals surface area contributed by atoms with Crippen LogP contribution in [-0.2, 0) is 6.54 Å². The lowest BCUT2D eigenvalue weighted by atomic mass is 10.00. The number of nitrogens with one attached hydrogen (secondary N) is 1. The van der Waals surface area contributed by atoms with Gasteiger partial charge in [-0.1, -0.05) is 18.2 Å². The maximum Gasteiger partial charge on any atom is 0.122 e. The summed E-state index contributed by atoms with van der Waals surface area (Å²) in [5.41, 5.74) is 7.51. The zero-order chi connectivity index (χ0) is 13.4. The standard InChI is InChI=1S/C15H21N3O/c16-15(17)11-3-1-2-10(6-11)7-18-8-12-4-5-14(19)13(12)9-18/h1-3,6,12-14,19H,4-5,7-9H2,(H3,16,17). The first-order valence-electron chi connectivity index (χ1n) is 6.97. The average molecular weight is 259 g/mol. The highest BCUT2D eigenvalue weighted by atomic mass is 16.3. The number of amidine groups is 1. The van der Waals surface area contributed by atoms with Gasteiger partial charge in [-0.2, -0.15) is 0 Å². The number of aliphatic hydroxyl groups excluding tert-OH is 1. The summed E-state index contributed by atoms with van der Waals surface area (Å²) in [5.74, 6) is 1.26. The molecule has 3 unspecified atom stereocenters. The quantitative estimate of drug-likeness (QED) is 0.563. The molecule has 1 saturated carbocycles. The Bertz CT molecular complexity index is 488. The number of benzene rings is 1. The molecule has 4 nitrogen and oxygen atoms in total. The average Bonchev–Trinajstić information content (AvgIpc) is 2.92. The van der Waals surface area contributed by atoms with Crippen molar-refractivity contribution >= 4 is 5.84 Å². The van der Waals surface area contributed by atoms with Crippen LogP contribution in [0.25, 0.3) is 0 Å². The van der Waals surface area contributed by atoms with Crippen molar-refractivity contribution in [2.45, 2.75) is 25.5 Å². The minimum absolute atomic E-state index is 0.0986. The first-order chi connectivity index (χ1) is 9.13. The van der Waals surface area contributed by atoms with E-state index in [0.717, 1.165) is 38.0 Å². The van der Waals surface area contributed by atoms with Gasteiger partial charge in [0, 0.05) is 31.1 Å². The molecule has 0 aromatic heterocycles. The van der Waals surface area contributed by atoms with Gasteiger partial charge in [0.05, 0.1) is 6.10 Å². The number of nitrogen functional groups attached to an aromatic ring is 1. The third kappa shape index (κ3) is 2.51. The van der Waals surface area contributed by atoms with Crippen molar-refractivity contribution in [2.75, 3.05) is 13.1 Å². The molecule has 3 rings (SSSR count). The molecule has 0 bridgehead atoms. The molecule has 102 valence electrons. The van der Waals surface area contributed by atoms with E-state index in [-0.39, 0.29) is 11.9 Å². The molecule has 1 saturated heterocycles. The molecule has 1 heterocycles. The second-order valence-corrected chi connectivity index (χ2v) is 5.88. The molecule has 2 aliphatic rings.